The van der Waals surface area contributed by atoms with E-state index in [1.807, 2.05) is 60.7 Å². The summed E-state index contributed by atoms with van der Waals surface area (Å²) in [6.45, 7) is 0.729. The van der Waals surface area contributed by atoms with Gasteiger partial charge in [0.15, 0.2) is 0 Å². The van der Waals surface area contributed by atoms with Crippen LogP contribution < -0.4 is 10.6 Å². The van der Waals surface area contributed by atoms with Crippen molar-refractivity contribution in [2.24, 2.45) is 0 Å². The Balaban J connectivity index is 1.45. The minimum Gasteiger partial charge on any atom is -0.350 e. The molecule has 3 aromatic carbocycles. The van der Waals surface area contributed by atoms with Crippen LogP contribution in [0.3, 0.4) is 0 Å². The number of carbonyl (C=O) groups excluding carboxylic acids is 2. The maximum atomic E-state index is 12.4. The van der Waals surface area contributed by atoms with Crippen LogP contribution in [0.5, 0.6) is 0 Å². The van der Waals surface area contributed by atoms with Gasteiger partial charge in [0, 0.05) is 39.9 Å². The average Bonchev–Trinajstić information content (AvgIpc) is 2.77. The second-order valence-corrected chi connectivity index (χ2v) is 7.81. The van der Waals surface area contributed by atoms with E-state index in [0.717, 1.165) is 16.2 Å². The summed E-state index contributed by atoms with van der Waals surface area (Å²) in [6.07, 6.45) is 0. The highest BCUT2D eigenvalue weighted by molar-refractivity contribution is 7.98. The van der Waals surface area contributed by atoms with Crippen LogP contribution in [-0.4, -0.2) is 24.9 Å². The van der Waals surface area contributed by atoms with E-state index >= 15 is 0 Å². The van der Waals surface area contributed by atoms with Crippen molar-refractivity contribution in [3.8, 4) is 0 Å². The Morgan fingerprint density at radius 1 is 0.759 bits per heavy atom. The van der Waals surface area contributed by atoms with Gasteiger partial charge in [-0.1, -0.05) is 41.9 Å². The molecule has 6 heteroatoms. The van der Waals surface area contributed by atoms with Gasteiger partial charge in [0.2, 0.25) is 0 Å². The highest BCUT2D eigenvalue weighted by Gasteiger charge is 2.07. The monoisotopic (exact) mass is 424 g/mol. The maximum absolute atomic E-state index is 12.4. The Morgan fingerprint density at radius 3 is 2.07 bits per heavy atom. The molecule has 3 rings (SSSR count). The molecule has 3 aromatic rings. The fourth-order valence-corrected chi connectivity index (χ4v) is 3.61. The lowest BCUT2D eigenvalue weighted by Crippen LogP contribution is -2.34. The van der Waals surface area contributed by atoms with Gasteiger partial charge in [0.25, 0.3) is 11.8 Å². The van der Waals surface area contributed by atoms with Gasteiger partial charge in [-0.25, -0.2) is 0 Å². The van der Waals surface area contributed by atoms with Crippen LogP contribution in [0.25, 0.3) is 0 Å². The van der Waals surface area contributed by atoms with E-state index in [2.05, 4.69) is 10.6 Å². The zero-order valence-electron chi connectivity index (χ0n) is 15.7. The zero-order valence-corrected chi connectivity index (χ0v) is 17.3. The third-order valence-electron chi connectivity index (χ3n) is 4.14. The molecule has 0 unspecified atom stereocenters. The van der Waals surface area contributed by atoms with E-state index in [1.54, 1.807) is 30.0 Å². The average molecular weight is 425 g/mol. The lowest BCUT2D eigenvalue weighted by molar-refractivity contribution is 0.0927. The molecular weight excluding hydrogens is 404 g/mol. The van der Waals surface area contributed by atoms with Gasteiger partial charge >= 0.3 is 0 Å². The number of hydrogen-bond acceptors (Lipinski definition) is 3. The molecule has 0 atom stereocenters. The van der Waals surface area contributed by atoms with Gasteiger partial charge in [0.1, 0.15) is 0 Å². The molecule has 0 aliphatic rings. The lowest BCUT2D eigenvalue weighted by atomic mass is 10.1. The minimum atomic E-state index is -0.155. The molecule has 0 saturated carbocycles. The molecule has 0 aliphatic carbocycles. The molecule has 29 heavy (non-hydrogen) atoms. The van der Waals surface area contributed by atoms with Crippen molar-refractivity contribution in [2.75, 3.05) is 13.1 Å². The topological polar surface area (TPSA) is 58.2 Å². The highest BCUT2D eigenvalue weighted by atomic mass is 35.5. The predicted octanol–water partition coefficient (Wildman–Crippen LogP) is 4.79. The Bertz CT molecular complexity index is 962. The standard InChI is InChI=1S/C23H21ClN2O2S/c24-20-9-11-21(12-10-20)29-16-17-5-4-8-19(15-17)23(28)26-14-13-25-22(27)18-6-2-1-3-7-18/h1-12,15H,13-14,16H2,(H,25,27)(H,26,28). The predicted molar refractivity (Wildman–Crippen MR) is 119 cm³/mol. The van der Waals surface area contributed by atoms with Gasteiger partial charge in [-0.3, -0.25) is 9.59 Å². The van der Waals surface area contributed by atoms with Crippen LogP contribution in [0.1, 0.15) is 26.3 Å². The van der Waals surface area contributed by atoms with Gasteiger partial charge < -0.3 is 10.6 Å². The molecule has 0 radical (unpaired) electrons. The second kappa shape index (κ2) is 10.7. The highest BCUT2D eigenvalue weighted by Crippen LogP contribution is 2.24. The number of benzene rings is 3. The first kappa shape index (κ1) is 21.0. The van der Waals surface area contributed by atoms with E-state index in [9.17, 15) is 9.59 Å². The molecule has 0 bridgehead atoms. The summed E-state index contributed by atoms with van der Waals surface area (Å²) in [5.41, 5.74) is 2.27. The molecular formula is C23H21ClN2O2S. The summed E-state index contributed by atoms with van der Waals surface area (Å²) in [4.78, 5) is 25.5. The molecule has 0 heterocycles. The van der Waals surface area contributed by atoms with Crippen molar-refractivity contribution < 1.29 is 9.59 Å². The third-order valence-corrected chi connectivity index (χ3v) is 5.48. The number of nitrogens with one attached hydrogen (secondary N) is 2. The summed E-state index contributed by atoms with van der Waals surface area (Å²) in [5, 5.41) is 6.35. The summed E-state index contributed by atoms with van der Waals surface area (Å²) in [7, 11) is 0. The molecule has 0 spiro atoms. The summed E-state index contributed by atoms with van der Waals surface area (Å²) < 4.78 is 0. The van der Waals surface area contributed by atoms with E-state index in [4.69, 9.17) is 11.6 Å². The fourth-order valence-electron chi connectivity index (χ4n) is 2.65. The van der Waals surface area contributed by atoms with Crippen molar-refractivity contribution in [3.05, 3.63) is 101 Å². The Labute approximate surface area is 179 Å². The summed E-state index contributed by atoms with van der Waals surface area (Å²) in [6, 6.07) is 24.2. The molecule has 2 N–H and O–H groups in total. The van der Waals surface area contributed by atoms with Crippen molar-refractivity contribution in [3.63, 3.8) is 0 Å². The number of amides is 2. The molecule has 148 valence electrons. The molecule has 0 aliphatic heterocycles. The smallest absolute Gasteiger partial charge is 0.251 e. The van der Waals surface area contributed by atoms with Crippen LogP contribution in [-0.2, 0) is 5.75 Å². The summed E-state index contributed by atoms with van der Waals surface area (Å²) >= 11 is 7.60. The van der Waals surface area contributed by atoms with E-state index < -0.39 is 0 Å². The van der Waals surface area contributed by atoms with E-state index in [0.29, 0.717) is 29.2 Å². The summed E-state index contributed by atoms with van der Waals surface area (Å²) in [5.74, 6) is 0.453. The molecule has 2 amide bonds. The van der Waals surface area contributed by atoms with Crippen LogP contribution in [0.4, 0.5) is 0 Å². The van der Waals surface area contributed by atoms with Crippen LogP contribution in [0.2, 0.25) is 5.02 Å². The SMILES string of the molecule is O=C(NCCNC(=O)c1cccc(CSc2ccc(Cl)cc2)c1)c1ccccc1. The minimum absolute atomic E-state index is 0.152. The number of halogens is 1. The molecule has 4 nitrogen and oxygen atoms in total. The quantitative estimate of drug-likeness (QED) is 0.403. The van der Waals surface area contributed by atoms with Crippen molar-refractivity contribution in [1.29, 1.82) is 0 Å². The fraction of sp³-hybridized carbons (Fsp3) is 0.130. The first-order valence-corrected chi connectivity index (χ1v) is 10.6. The number of hydrogen-bond donors (Lipinski definition) is 2. The third kappa shape index (κ3) is 6.66. The largest absolute Gasteiger partial charge is 0.350 e. The number of rotatable bonds is 8. The molecule has 0 aromatic heterocycles. The normalized spacial score (nSPS) is 10.4. The van der Waals surface area contributed by atoms with Gasteiger partial charge in [0.05, 0.1) is 0 Å². The van der Waals surface area contributed by atoms with Crippen molar-refractivity contribution in [2.45, 2.75) is 10.6 Å². The lowest BCUT2D eigenvalue weighted by Gasteiger charge is -2.08. The Hall–Kier alpha value is -2.76. The first-order chi connectivity index (χ1) is 14.1. The first-order valence-electron chi connectivity index (χ1n) is 9.20. The number of carbonyl (C=O) groups is 2. The molecule has 0 fully saturated rings. The van der Waals surface area contributed by atoms with Gasteiger partial charge in [-0.05, 0) is 54.1 Å². The Morgan fingerprint density at radius 2 is 1.38 bits per heavy atom. The Kier molecular flexibility index (Phi) is 7.73. The van der Waals surface area contributed by atoms with Crippen LogP contribution in [0, 0.1) is 0 Å². The maximum Gasteiger partial charge on any atom is 0.251 e. The number of thioether (sulfide) groups is 1. The van der Waals surface area contributed by atoms with Crippen LogP contribution >= 0.6 is 23.4 Å². The van der Waals surface area contributed by atoms with Crippen LogP contribution in [0.15, 0.2) is 83.8 Å². The van der Waals surface area contributed by atoms with Gasteiger partial charge in [-0.2, -0.15) is 0 Å². The molecule has 0 saturated heterocycles. The van der Waals surface area contributed by atoms with E-state index in [1.165, 1.54) is 0 Å². The van der Waals surface area contributed by atoms with Crippen molar-refractivity contribution >= 4 is 35.2 Å². The second-order valence-electron chi connectivity index (χ2n) is 6.32. The van der Waals surface area contributed by atoms with E-state index in [-0.39, 0.29) is 11.8 Å². The van der Waals surface area contributed by atoms with Gasteiger partial charge in [-0.15, -0.1) is 11.8 Å². The van der Waals surface area contributed by atoms with Crippen molar-refractivity contribution in [1.82, 2.24) is 10.6 Å². The zero-order chi connectivity index (χ0) is 20.5.